The first-order valence-electron chi connectivity index (χ1n) is 8.02. The molecule has 0 bridgehead atoms. The number of carboxylic acids is 2. The van der Waals surface area contributed by atoms with Crippen LogP contribution in [0, 0.1) is 12.3 Å². The van der Waals surface area contributed by atoms with Gasteiger partial charge >= 0.3 is 21.7 Å². The zero-order valence-corrected chi connectivity index (χ0v) is 17.0. The van der Waals surface area contributed by atoms with Crippen molar-refractivity contribution in [1.29, 1.82) is 0 Å². The van der Waals surface area contributed by atoms with Gasteiger partial charge in [0.05, 0.1) is 0 Å². The molecular weight excluding hydrogens is 364 g/mol. The fourth-order valence-corrected chi connectivity index (χ4v) is 3.51. The zero-order chi connectivity index (χ0) is 16.7. The van der Waals surface area contributed by atoms with Gasteiger partial charge in [-0.05, 0) is 25.2 Å². The first-order valence-corrected chi connectivity index (χ1v) is 8.02. The Kier molecular flexibility index (Phi) is 13.4. The number of hydrogen-bond donors (Lipinski definition) is 2. The number of fused-ring (bicyclic) bond motifs is 1. The van der Waals surface area contributed by atoms with Crippen LogP contribution in [0.4, 0.5) is 0 Å². The van der Waals surface area contributed by atoms with Crippen molar-refractivity contribution in [3.63, 3.8) is 0 Å². The Bertz CT molecular complexity index is 445. The molecule has 0 saturated heterocycles. The monoisotopic (exact) mass is 390 g/mol. The topological polar surface area (TPSA) is 74.6 Å². The summed E-state index contributed by atoms with van der Waals surface area (Å²) in [5.41, 5.74) is 7.07. The van der Waals surface area contributed by atoms with E-state index in [1.165, 1.54) is 44.9 Å². The molecule has 6 heteroatoms. The van der Waals surface area contributed by atoms with Crippen molar-refractivity contribution in [2.45, 2.75) is 65.7 Å². The summed E-state index contributed by atoms with van der Waals surface area (Å²) in [4.78, 5) is 18.0. The second-order valence-electron chi connectivity index (χ2n) is 6.00. The van der Waals surface area contributed by atoms with E-state index in [9.17, 15) is 0 Å². The summed E-state index contributed by atoms with van der Waals surface area (Å²) in [6.07, 6.45) is 12.2. The Morgan fingerprint density at radius 3 is 1.96 bits per heavy atom. The van der Waals surface area contributed by atoms with Gasteiger partial charge in [-0.2, -0.15) is 5.57 Å². The zero-order valence-electron chi connectivity index (χ0n) is 14.7. The van der Waals surface area contributed by atoms with Crippen molar-refractivity contribution in [3.8, 4) is 0 Å². The van der Waals surface area contributed by atoms with Crippen molar-refractivity contribution in [3.05, 3.63) is 28.7 Å². The number of aliphatic carboxylic acids is 2. The minimum Gasteiger partial charge on any atom is -1.00 e. The maximum atomic E-state index is 9.00. The molecule has 1 unspecified atom stereocenters. The third kappa shape index (κ3) is 7.91. The molecule has 4 nitrogen and oxygen atoms in total. The molecular formula is C18H27ClO4Ti. The van der Waals surface area contributed by atoms with Gasteiger partial charge in [0.1, 0.15) is 0 Å². The molecule has 3 rings (SSSR count). The average Bonchev–Trinajstić information content (AvgIpc) is 2.73. The van der Waals surface area contributed by atoms with E-state index in [1.807, 2.05) is 0 Å². The van der Waals surface area contributed by atoms with E-state index in [0.29, 0.717) is 0 Å². The van der Waals surface area contributed by atoms with Crippen LogP contribution in [0.2, 0.25) is 0 Å². The maximum Gasteiger partial charge on any atom is 2.00 e. The van der Waals surface area contributed by atoms with Crippen molar-refractivity contribution < 1.29 is 53.9 Å². The van der Waals surface area contributed by atoms with E-state index in [1.54, 1.807) is 22.3 Å². The Morgan fingerprint density at radius 2 is 1.42 bits per heavy atom. The van der Waals surface area contributed by atoms with Gasteiger partial charge < -0.3 is 22.6 Å². The van der Waals surface area contributed by atoms with Gasteiger partial charge in [-0.3, -0.25) is 9.59 Å². The molecule has 0 saturated carbocycles. The largest absolute Gasteiger partial charge is 2.00 e. The van der Waals surface area contributed by atoms with E-state index < -0.39 is 11.9 Å². The predicted octanol–water partition coefficient (Wildman–Crippen LogP) is 1.37. The van der Waals surface area contributed by atoms with Crippen LogP contribution in [0.25, 0.3) is 0 Å². The van der Waals surface area contributed by atoms with Gasteiger partial charge in [-0.25, -0.2) is 12.0 Å². The number of carbonyl (C=O) groups is 2. The summed E-state index contributed by atoms with van der Waals surface area (Å²) in [5.74, 6) is -0.888. The fourth-order valence-electron chi connectivity index (χ4n) is 3.51. The van der Waals surface area contributed by atoms with Gasteiger partial charge in [0.15, 0.2) is 0 Å². The Balaban J connectivity index is 0. The molecule has 1 atom stereocenters. The van der Waals surface area contributed by atoms with Crippen LogP contribution in [-0.4, -0.2) is 22.2 Å². The van der Waals surface area contributed by atoms with E-state index in [4.69, 9.17) is 19.8 Å². The van der Waals surface area contributed by atoms with E-state index in [-0.39, 0.29) is 34.1 Å². The maximum absolute atomic E-state index is 9.00. The van der Waals surface area contributed by atoms with Gasteiger partial charge in [0.2, 0.25) is 0 Å². The number of hydrogen-bond acceptors (Lipinski definition) is 2. The normalized spacial score (nSPS) is 20.4. The van der Waals surface area contributed by atoms with Gasteiger partial charge in [0, 0.05) is 13.8 Å². The third-order valence-corrected chi connectivity index (χ3v) is 4.21. The Morgan fingerprint density at radius 1 is 0.958 bits per heavy atom. The molecule has 0 aromatic rings. The number of carboxylic acid groups (broad SMARTS) is 2. The van der Waals surface area contributed by atoms with Crippen LogP contribution in [0.1, 0.15) is 65.7 Å². The Labute approximate surface area is 166 Å². The summed E-state index contributed by atoms with van der Waals surface area (Å²) in [5, 5.41) is 14.8. The molecule has 0 aromatic carbocycles. The van der Waals surface area contributed by atoms with Gasteiger partial charge in [-0.15, -0.1) is 12.0 Å². The van der Waals surface area contributed by atoms with Crippen LogP contribution in [0.5, 0.6) is 0 Å². The standard InChI is InChI=1S/C14H19.2C2H4O2.ClH.Ti/c1-10-11-6-2-4-8-13(11)14-9-5-3-7-12(10)14;2*1-2(3)4;;/h6,10H,2-5,7-9H2,1H3;2*1H3,(H,3,4);1H;/q-1;;;;+2/p-1. The van der Waals surface area contributed by atoms with Crippen LogP contribution < -0.4 is 12.4 Å². The molecule has 0 radical (unpaired) electrons. The molecule has 3 aliphatic rings. The summed E-state index contributed by atoms with van der Waals surface area (Å²) in [6.45, 7) is 4.59. The van der Waals surface area contributed by atoms with E-state index in [0.717, 1.165) is 19.8 Å². The quantitative estimate of drug-likeness (QED) is 0.484. The summed E-state index contributed by atoms with van der Waals surface area (Å²) >= 11 is 0. The first kappa shape index (κ1) is 25.5. The van der Waals surface area contributed by atoms with Crippen LogP contribution in [0.15, 0.2) is 22.3 Å². The summed E-state index contributed by atoms with van der Waals surface area (Å²) in [6, 6.07) is 0. The number of rotatable bonds is 0. The minimum absolute atomic E-state index is 0. The molecule has 0 aromatic heterocycles. The molecule has 0 aliphatic heterocycles. The van der Waals surface area contributed by atoms with Gasteiger partial charge in [0.25, 0.3) is 11.9 Å². The summed E-state index contributed by atoms with van der Waals surface area (Å²) < 4.78 is 0. The minimum atomic E-state index is -0.833. The number of halogens is 1. The van der Waals surface area contributed by atoms with E-state index >= 15 is 0 Å². The number of allylic oxidation sites excluding steroid dienone is 4. The third-order valence-electron chi connectivity index (χ3n) is 4.21. The molecule has 134 valence electrons. The van der Waals surface area contributed by atoms with Crippen LogP contribution in [0.3, 0.4) is 0 Å². The second kappa shape index (κ2) is 12.6. The SMILES string of the molecule is CC(=O)O.CC(=O)O.CC1C2=C(CCC[CH-]2)C2=C1CCCC2.[Cl-].[Ti+2]. The second-order valence-corrected chi connectivity index (χ2v) is 6.00. The van der Waals surface area contributed by atoms with Gasteiger partial charge in [-0.1, -0.05) is 31.8 Å². The van der Waals surface area contributed by atoms with Crippen molar-refractivity contribution >= 4 is 11.9 Å². The predicted molar refractivity (Wildman–Crippen MR) is 86.5 cm³/mol. The van der Waals surface area contributed by atoms with Crippen molar-refractivity contribution in [1.82, 2.24) is 0 Å². The first-order chi connectivity index (χ1) is 10.3. The molecule has 0 heterocycles. The summed E-state index contributed by atoms with van der Waals surface area (Å²) in [7, 11) is 0. The molecule has 2 N–H and O–H groups in total. The molecule has 0 spiro atoms. The van der Waals surface area contributed by atoms with Crippen molar-refractivity contribution in [2.24, 2.45) is 5.92 Å². The molecule has 24 heavy (non-hydrogen) atoms. The molecule has 3 aliphatic carbocycles. The smallest absolute Gasteiger partial charge is 1.00 e. The van der Waals surface area contributed by atoms with Crippen LogP contribution in [-0.2, 0) is 31.3 Å². The van der Waals surface area contributed by atoms with Crippen molar-refractivity contribution in [2.75, 3.05) is 0 Å². The van der Waals surface area contributed by atoms with Crippen LogP contribution >= 0.6 is 0 Å². The van der Waals surface area contributed by atoms with E-state index in [2.05, 4.69) is 13.3 Å². The fraction of sp³-hybridized carbons (Fsp3) is 0.611. The molecule has 0 amide bonds. The Hall–Kier alpha value is -0.706. The molecule has 0 fully saturated rings. The average molecular weight is 391 g/mol.